The van der Waals surface area contributed by atoms with Crippen molar-refractivity contribution in [3.05, 3.63) is 83.9 Å². The largest absolute Gasteiger partial charge is 0.461 e. The quantitative estimate of drug-likeness (QED) is 0.0101. The van der Waals surface area contributed by atoms with E-state index in [0.29, 0.717) is 41.7 Å². The predicted molar refractivity (Wildman–Crippen MR) is 254 cm³/mol. The predicted octanol–water partition coefficient (Wildman–Crippen LogP) is 4.97. The number of ether oxygens (including phenoxy) is 2. The summed E-state index contributed by atoms with van der Waals surface area (Å²) >= 11 is 1.36. The second-order valence-corrected chi connectivity index (χ2v) is 19.9. The zero-order valence-electron chi connectivity index (χ0n) is 36.3. The third-order valence-corrected chi connectivity index (χ3v) is 13.1. The maximum atomic E-state index is 12.8. The highest BCUT2D eigenvalue weighted by Crippen LogP contribution is 2.35. The van der Waals surface area contributed by atoms with Crippen molar-refractivity contribution in [1.82, 2.24) is 29.9 Å². The molecule has 0 bridgehead atoms. The molecule has 0 amide bonds. The molecule has 38 heteroatoms. The van der Waals surface area contributed by atoms with Gasteiger partial charge in [0.2, 0.25) is 23.8 Å². The average Bonchev–Trinajstić information content (AvgIpc) is 3.34. The Morgan fingerprint density at radius 2 is 0.986 bits per heavy atom. The Morgan fingerprint density at radius 3 is 1.53 bits per heavy atom. The number of aliphatic hydroxyl groups is 2. The van der Waals surface area contributed by atoms with Crippen LogP contribution in [-0.2, 0) is 58.5 Å². The number of hydrogen-bond donors (Lipinski definition) is 12. The number of nitrogens with one attached hydrogen (secondary N) is 4. The number of nitrogens with zero attached hydrogens (tertiary/aromatic N) is 6. The zero-order valence-corrected chi connectivity index (χ0v) is 41.2. The van der Waals surface area contributed by atoms with Gasteiger partial charge >= 0.3 is 12.0 Å². The van der Waals surface area contributed by atoms with Gasteiger partial charge in [0, 0.05) is 21.2 Å². The molecule has 0 aliphatic heterocycles. The van der Waals surface area contributed by atoms with E-state index in [-0.39, 0.29) is 80.1 Å². The minimum Gasteiger partial charge on any atom is -0.461 e. The fourth-order valence-electron chi connectivity index (χ4n) is 5.70. The van der Waals surface area contributed by atoms with Gasteiger partial charge in [0.05, 0.1) is 70.5 Å². The van der Waals surface area contributed by atoms with Crippen molar-refractivity contribution in [3.63, 3.8) is 0 Å². The molecule has 6 rings (SSSR count). The highest BCUT2D eigenvalue weighted by atomic mass is 32.2. The molecular formula is C36H34N10O22S6. The molecule has 0 unspecified atom stereocenters. The van der Waals surface area contributed by atoms with E-state index in [0.717, 1.165) is 30.3 Å². The van der Waals surface area contributed by atoms with Crippen LogP contribution in [-0.4, -0.2) is 121 Å². The van der Waals surface area contributed by atoms with Crippen LogP contribution in [0.5, 0.6) is 12.0 Å². The Balaban J connectivity index is 1.29. The van der Waals surface area contributed by atoms with Crippen LogP contribution in [0.15, 0.2) is 102 Å². The molecule has 396 valence electrons. The van der Waals surface area contributed by atoms with Gasteiger partial charge in [0.15, 0.2) is 0 Å². The zero-order chi connectivity index (χ0) is 53.5. The third kappa shape index (κ3) is 16.6. The Labute approximate surface area is 428 Å². The first-order chi connectivity index (χ1) is 35.3. The molecule has 2 aromatic heterocycles. The number of hydrogen-bond acceptors (Lipinski definition) is 32. The van der Waals surface area contributed by atoms with Gasteiger partial charge in [-0.25, -0.2) is 15.8 Å². The monoisotopic (exact) mass is 1150 g/mol. The number of aliphatic hydroxyl groups excluding tert-OH is 2. The van der Waals surface area contributed by atoms with Crippen LogP contribution in [0, 0.1) is 0 Å². The number of rotatable bonds is 28. The number of aromatic nitrogens is 6. The summed E-state index contributed by atoms with van der Waals surface area (Å²) in [5.74, 6) is -1.27. The molecule has 0 saturated heterocycles. The van der Waals surface area contributed by atoms with Crippen molar-refractivity contribution in [2.24, 2.45) is 0 Å². The molecular weight excluding hydrogens is 1120 g/mol. The number of benzene rings is 4. The van der Waals surface area contributed by atoms with Gasteiger partial charge in [-0.05, 0) is 71.8 Å². The van der Waals surface area contributed by atoms with E-state index in [1.807, 2.05) is 0 Å². The third-order valence-electron chi connectivity index (χ3n) is 8.57. The summed E-state index contributed by atoms with van der Waals surface area (Å²) in [7, 11) is -14.6. The standard InChI is InChI=1S/C36H34N10O22S6/c47-11-13-61-35-43-31(41-33(45-35)39-25-18-24(72(52,53)54)8-9-27(25)70-67-64-50)37-21-5-3-19(28(15-21)71-68-65-51)1-2-20-4-6-22(16-30(20)74(58,59)60)38-32-42-34(46-36(44-32)62-14-12-48)40-26-17-23(69-66-63-49)7-10-29(26)73(55,56)57/h1-10,15-18,47-51H,11-14H2,(H,52,53,54)(H,55,56,57)(H,58,59,60)(H2,37,39,41,43,45)(H2,38,40,42,44,46)/b2-1+. The van der Waals surface area contributed by atoms with Crippen LogP contribution in [0.4, 0.5) is 46.5 Å². The van der Waals surface area contributed by atoms with Gasteiger partial charge in [-0.15, -0.1) is 13.0 Å². The molecule has 4 aromatic carbocycles. The van der Waals surface area contributed by atoms with E-state index in [1.54, 1.807) is 0 Å². The Hall–Kier alpha value is -6.22. The summed E-state index contributed by atoms with van der Waals surface area (Å²) in [4.78, 5) is 23.3. The lowest BCUT2D eigenvalue weighted by molar-refractivity contribution is -0.432. The molecule has 0 saturated carbocycles. The van der Waals surface area contributed by atoms with Gasteiger partial charge in [0.25, 0.3) is 30.4 Å². The van der Waals surface area contributed by atoms with Crippen LogP contribution < -0.4 is 30.7 Å². The maximum absolute atomic E-state index is 12.8. The lowest BCUT2D eigenvalue weighted by atomic mass is 10.1. The van der Waals surface area contributed by atoms with Crippen molar-refractivity contribution in [2.75, 3.05) is 47.7 Å². The Kier molecular flexibility index (Phi) is 20.3. The molecule has 0 aliphatic rings. The first-order valence-corrected chi connectivity index (χ1v) is 26.0. The van der Waals surface area contributed by atoms with Crippen molar-refractivity contribution in [2.45, 2.75) is 29.4 Å². The minimum absolute atomic E-state index is 0.0451. The van der Waals surface area contributed by atoms with E-state index < -0.39 is 70.2 Å². The van der Waals surface area contributed by atoms with E-state index >= 15 is 0 Å². The van der Waals surface area contributed by atoms with E-state index in [4.69, 9.17) is 25.2 Å². The summed E-state index contributed by atoms with van der Waals surface area (Å²) in [6.07, 6.45) is 2.68. The molecule has 32 nitrogen and oxygen atoms in total. The van der Waals surface area contributed by atoms with Crippen molar-refractivity contribution >= 4 is 125 Å². The minimum atomic E-state index is -4.99. The van der Waals surface area contributed by atoms with Gasteiger partial charge in [0.1, 0.15) is 23.0 Å². The first kappa shape index (κ1) is 57.1. The van der Waals surface area contributed by atoms with Crippen molar-refractivity contribution in [3.8, 4) is 12.0 Å². The molecule has 0 atom stereocenters. The Morgan fingerprint density at radius 1 is 0.486 bits per heavy atom. The van der Waals surface area contributed by atoms with E-state index in [9.17, 15) is 49.1 Å². The van der Waals surface area contributed by atoms with Gasteiger partial charge in [-0.2, -0.15) is 55.2 Å². The summed E-state index contributed by atoms with van der Waals surface area (Å²) in [5.41, 5.74) is -0.00831. The van der Waals surface area contributed by atoms with Gasteiger partial charge in [-0.1, -0.05) is 39.4 Å². The first-order valence-electron chi connectivity index (χ1n) is 19.5. The topological polar surface area (TPSA) is 464 Å². The molecule has 74 heavy (non-hydrogen) atoms. The van der Waals surface area contributed by atoms with Crippen LogP contribution >= 0.6 is 36.1 Å². The highest BCUT2D eigenvalue weighted by Gasteiger charge is 2.22. The molecule has 2 heterocycles. The fourth-order valence-corrected chi connectivity index (χ4v) is 8.88. The normalized spacial score (nSPS) is 11.9. The second-order valence-electron chi connectivity index (χ2n) is 13.4. The molecule has 0 spiro atoms. The van der Waals surface area contributed by atoms with Gasteiger partial charge in [-0.3, -0.25) is 13.7 Å². The lowest BCUT2D eigenvalue weighted by Gasteiger charge is -2.14. The van der Waals surface area contributed by atoms with Crippen LogP contribution in [0.2, 0.25) is 0 Å². The van der Waals surface area contributed by atoms with Crippen molar-refractivity contribution < 1.29 is 102 Å². The van der Waals surface area contributed by atoms with E-state index in [2.05, 4.69) is 79.3 Å². The van der Waals surface area contributed by atoms with E-state index in [1.165, 1.54) is 54.6 Å². The molecule has 6 aromatic rings. The second kappa shape index (κ2) is 26.3. The molecule has 0 aliphatic carbocycles. The summed E-state index contributed by atoms with van der Waals surface area (Å²) in [6, 6.07) is 13.8. The maximum Gasteiger partial charge on any atom is 0.323 e. The molecule has 0 radical (unpaired) electrons. The highest BCUT2D eigenvalue weighted by molar-refractivity contribution is 7.95. The van der Waals surface area contributed by atoms with Gasteiger partial charge < -0.3 is 41.0 Å². The molecule has 12 N–H and O–H groups in total. The Bertz CT molecular complexity index is 3320. The summed E-state index contributed by atoms with van der Waals surface area (Å²) in [6.45, 7) is -1.53. The fraction of sp³-hybridized carbons (Fsp3) is 0.111. The van der Waals surface area contributed by atoms with Crippen molar-refractivity contribution in [1.29, 1.82) is 0 Å². The van der Waals surface area contributed by atoms with Crippen LogP contribution in [0.25, 0.3) is 12.2 Å². The lowest BCUT2D eigenvalue weighted by Crippen LogP contribution is -2.11. The number of anilines is 8. The van der Waals surface area contributed by atoms with Crippen LogP contribution in [0.3, 0.4) is 0 Å². The molecule has 0 fully saturated rings. The smallest absolute Gasteiger partial charge is 0.323 e. The van der Waals surface area contributed by atoms with Crippen LogP contribution in [0.1, 0.15) is 11.1 Å². The SMILES string of the molecule is O=S(=O)(O)c1ccc(SOOO)c(Nc2nc(Nc3ccc(/C=C/c4ccc(Nc5nc(Nc6cc(SOOO)ccc6S(=O)(=O)O)nc(OCCO)n5)cc4S(=O)(=O)O)c(SOOO)c3)nc(OCCO)n2)c1. The summed E-state index contributed by atoms with van der Waals surface area (Å²) in [5, 5.41) is 66.7. The average molecular weight is 1150 g/mol. The summed E-state index contributed by atoms with van der Waals surface area (Å²) < 4.78 is 128.